The molecular formula is C22H20N4O4S. The highest BCUT2D eigenvalue weighted by molar-refractivity contribution is 8.26. The van der Waals surface area contributed by atoms with Gasteiger partial charge in [-0.2, -0.15) is 15.1 Å². The number of aromatic carboxylic acids is 1. The van der Waals surface area contributed by atoms with E-state index in [1.807, 2.05) is 0 Å². The number of benzene rings is 1. The van der Waals surface area contributed by atoms with Crippen LogP contribution in [0.4, 0.5) is 0 Å². The molecule has 4 rings (SSSR count). The van der Waals surface area contributed by atoms with Gasteiger partial charge in [0.2, 0.25) is 5.17 Å². The van der Waals surface area contributed by atoms with Gasteiger partial charge in [-0.3, -0.25) is 10.2 Å². The molecular weight excluding hydrogens is 416 g/mol. The van der Waals surface area contributed by atoms with E-state index in [0.717, 1.165) is 30.7 Å². The zero-order valence-electron chi connectivity index (χ0n) is 16.8. The van der Waals surface area contributed by atoms with Crippen LogP contribution in [-0.2, 0) is 4.79 Å². The Morgan fingerprint density at radius 2 is 2.13 bits per heavy atom. The molecule has 1 amide bonds. The van der Waals surface area contributed by atoms with Crippen molar-refractivity contribution < 1.29 is 19.1 Å². The minimum Gasteiger partial charge on any atom is -0.478 e. The zero-order valence-corrected chi connectivity index (χ0v) is 17.6. The summed E-state index contributed by atoms with van der Waals surface area (Å²) < 4.78 is 5.78. The molecule has 158 valence electrons. The first-order valence-corrected chi connectivity index (χ1v) is 10.7. The van der Waals surface area contributed by atoms with Crippen molar-refractivity contribution in [3.8, 4) is 11.3 Å². The number of carboxylic acids is 1. The maximum Gasteiger partial charge on any atom is 0.335 e. The van der Waals surface area contributed by atoms with Gasteiger partial charge < -0.3 is 9.52 Å². The number of fused-ring (bicyclic) bond motifs is 1. The van der Waals surface area contributed by atoms with Crippen LogP contribution in [0.3, 0.4) is 0 Å². The van der Waals surface area contributed by atoms with E-state index in [1.54, 1.807) is 24.3 Å². The Morgan fingerprint density at radius 1 is 1.29 bits per heavy atom. The van der Waals surface area contributed by atoms with E-state index in [4.69, 9.17) is 14.9 Å². The van der Waals surface area contributed by atoms with Gasteiger partial charge in [-0.1, -0.05) is 31.9 Å². The largest absolute Gasteiger partial charge is 0.478 e. The molecule has 2 aromatic rings. The summed E-state index contributed by atoms with van der Waals surface area (Å²) in [6.45, 7) is 2.13. The summed E-state index contributed by atoms with van der Waals surface area (Å²) in [5, 5.41) is 24.7. The maximum absolute atomic E-state index is 12.5. The van der Waals surface area contributed by atoms with Crippen LogP contribution in [0, 0.1) is 5.41 Å². The predicted molar refractivity (Wildman–Crippen MR) is 120 cm³/mol. The van der Waals surface area contributed by atoms with Crippen molar-refractivity contribution in [2.75, 3.05) is 0 Å². The number of carboxylic acid groups (broad SMARTS) is 1. The number of nitrogens with zero attached hydrogens (tertiary/aromatic N) is 3. The fourth-order valence-corrected chi connectivity index (χ4v) is 4.12. The Kier molecular flexibility index (Phi) is 5.85. The number of rotatable bonds is 7. The predicted octanol–water partition coefficient (Wildman–Crippen LogP) is 4.84. The van der Waals surface area contributed by atoms with E-state index in [1.165, 1.54) is 35.0 Å². The highest BCUT2D eigenvalue weighted by Gasteiger charge is 2.35. The summed E-state index contributed by atoms with van der Waals surface area (Å²) in [5.74, 6) is -0.759. The first kappa shape index (κ1) is 20.8. The molecule has 0 radical (unpaired) electrons. The topological polar surface area (TPSA) is 119 Å². The van der Waals surface area contributed by atoms with E-state index < -0.39 is 11.9 Å². The molecule has 1 aromatic carbocycles. The number of nitrogens with one attached hydrogen (secondary N) is 1. The maximum atomic E-state index is 12.5. The third kappa shape index (κ3) is 4.36. The molecule has 3 heterocycles. The summed E-state index contributed by atoms with van der Waals surface area (Å²) >= 11 is 1.33. The van der Waals surface area contributed by atoms with Gasteiger partial charge in [0.1, 0.15) is 16.6 Å². The Morgan fingerprint density at radius 3 is 2.90 bits per heavy atom. The quantitative estimate of drug-likeness (QED) is 0.473. The van der Waals surface area contributed by atoms with Crippen LogP contribution in [0.25, 0.3) is 17.4 Å². The van der Waals surface area contributed by atoms with E-state index >= 15 is 0 Å². The van der Waals surface area contributed by atoms with Crippen molar-refractivity contribution in [1.82, 2.24) is 5.01 Å². The van der Waals surface area contributed by atoms with Crippen molar-refractivity contribution >= 4 is 45.8 Å². The van der Waals surface area contributed by atoms with Gasteiger partial charge >= 0.3 is 5.97 Å². The van der Waals surface area contributed by atoms with Crippen molar-refractivity contribution in [2.45, 2.75) is 32.6 Å². The van der Waals surface area contributed by atoms with Gasteiger partial charge in [-0.15, -0.1) is 0 Å². The van der Waals surface area contributed by atoms with Gasteiger partial charge in [0.15, 0.2) is 5.84 Å². The first-order valence-electron chi connectivity index (χ1n) is 9.89. The molecule has 0 fully saturated rings. The lowest BCUT2D eigenvalue weighted by atomic mass is 10.1. The summed E-state index contributed by atoms with van der Waals surface area (Å²) in [6, 6.07) is 9.74. The number of hydrazone groups is 1. The molecule has 0 saturated heterocycles. The second kappa shape index (κ2) is 8.73. The Balaban J connectivity index is 1.56. The summed E-state index contributed by atoms with van der Waals surface area (Å²) in [7, 11) is 0. The SMILES string of the molecule is CCCCCC1=NN2C(=N)/C(=C/c3ccc(-c4cccc(C(=O)O)c4)o3)C(=O)N=C2S1. The monoisotopic (exact) mass is 436 g/mol. The van der Waals surface area contributed by atoms with E-state index in [9.17, 15) is 9.59 Å². The van der Waals surface area contributed by atoms with Crippen LogP contribution in [-0.4, -0.2) is 38.0 Å². The summed E-state index contributed by atoms with van der Waals surface area (Å²) in [4.78, 5) is 27.8. The highest BCUT2D eigenvalue weighted by atomic mass is 32.2. The average molecular weight is 436 g/mol. The van der Waals surface area contributed by atoms with Crippen LogP contribution >= 0.6 is 11.8 Å². The minimum absolute atomic E-state index is 0.0428. The second-order valence-electron chi connectivity index (χ2n) is 7.06. The van der Waals surface area contributed by atoms with Crippen LogP contribution in [0.2, 0.25) is 0 Å². The Hall–Kier alpha value is -3.46. The Labute approximate surface area is 182 Å². The molecule has 31 heavy (non-hydrogen) atoms. The fourth-order valence-electron chi connectivity index (χ4n) is 3.19. The fraction of sp³-hybridized carbons (Fsp3) is 0.227. The molecule has 0 atom stereocenters. The van der Waals surface area contributed by atoms with E-state index in [-0.39, 0.29) is 17.0 Å². The molecule has 0 aliphatic carbocycles. The van der Waals surface area contributed by atoms with Gasteiger partial charge in [0.25, 0.3) is 5.91 Å². The number of carbonyl (C=O) groups is 2. The zero-order chi connectivity index (χ0) is 22.0. The highest BCUT2D eigenvalue weighted by Crippen LogP contribution is 2.31. The van der Waals surface area contributed by atoms with Crippen molar-refractivity contribution in [3.05, 3.63) is 53.3 Å². The average Bonchev–Trinajstić information content (AvgIpc) is 3.38. The van der Waals surface area contributed by atoms with Gasteiger partial charge in [-0.05, 0) is 54.9 Å². The number of amidine groups is 2. The normalized spacial score (nSPS) is 17.1. The summed E-state index contributed by atoms with van der Waals surface area (Å²) in [5.41, 5.74) is 0.842. The Bertz CT molecular complexity index is 1160. The number of hydrogen-bond donors (Lipinski definition) is 2. The van der Waals surface area contributed by atoms with Crippen molar-refractivity contribution in [3.63, 3.8) is 0 Å². The second-order valence-corrected chi connectivity index (χ2v) is 8.10. The van der Waals surface area contributed by atoms with Crippen LogP contribution < -0.4 is 0 Å². The van der Waals surface area contributed by atoms with Crippen LogP contribution in [0.15, 0.2) is 56.5 Å². The standard InChI is InChI=1S/C22H20N4O4S/c1-2-3-4-8-18-25-26-19(23)16(20(27)24-22(26)31-18)12-15-9-10-17(30-15)13-6-5-7-14(11-13)21(28)29/h5-7,9-12,23H,2-4,8H2,1H3,(H,28,29)/b16-12-,23-19?. The molecule has 2 aliphatic heterocycles. The third-order valence-corrected chi connectivity index (χ3v) is 5.77. The van der Waals surface area contributed by atoms with Crippen LogP contribution in [0.5, 0.6) is 0 Å². The molecule has 0 spiro atoms. The van der Waals surface area contributed by atoms with E-state index in [2.05, 4.69) is 17.0 Å². The number of carbonyl (C=O) groups excluding carboxylic acids is 1. The van der Waals surface area contributed by atoms with E-state index in [0.29, 0.717) is 22.3 Å². The number of furan rings is 1. The lowest BCUT2D eigenvalue weighted by Gasteiger charge is -2.19. The lowest BCUT2D eigenvalue weighted by molar-refractivity contribution is -0.114. The molecule has 2 N–H and O–H groups in total. The number of amides is 1. The molecule has 9 heteroatoms. The smallest absolute Gasteiger partial charge is 0.335 e. The number of thioether (sulfide) groups is 1. The number of aliphatic imine (C=N–C) groups is 1. The third-order valence-electron chi connectivity index (χ3n) is 4.80. The number of hydrogen-bond acceptors (Lipinski definition) is 6. The van der Waals surface area contributed by atoms with Gasteiger partial charge in [-0.25, -0.2) is 4.79 Å². The molecule has 0 unspecified atom stereocenters. The van der Waals surface area contributed by atoms with Crippen molar-refractivity contribution in [2.24, 2.45) is 10.1 Å². The molecule has 0 saturated carbocycles. The number of unbranched alkanes of at least 4 members (excludes halogenated alkanes) is 2. The first-order chi connectivity index (χ1) is 15.0. The minimum atomic E-state index is -1.02. The molecule has 8 nitrogen and oxygen atoms in total. The van der Waals surface area contributed by atoms with Gasteiger partial charge in [0, 0.05) is 5.56 Å². The van der Waals surface area contributed by atoms with Crippen LogP contribution in [0.1, 0.15) is 48.7 Å². The molecule has 0 bridgehead atoms. The summed E-state index contributed by atoms with van der Waals surface area (Å²) in [6.07, 6.45) is 5.47. The van der Waals surface area contributed by atoms with Gasteiger partial charge in [0.05, 0.1) is 11.1 Å². The molecule has 1 aromatic heterocycles. The lowest BCUT2D eigenvalue weighted by Crippen LogP contribution is -2.35. The molecule has 2 aliphatic rings. The van der Waals surface area contributed by atoms with Crippen molar-refractivity contribution in [1.29, 1.82) is 5.41 Å².